The fourth-order valence-corrected chi connectivity index (χ4v) is 5.86. The van der Waals surface area contributed by atoms with E-state index >= 15 is 0 Å². The first-order valence-corrected chi connectivity index (χ1v) is 23.4. The van der Waals surface area contributed by atoms with Crippen LogP contribution in [0, 0.1) is 0 Å². The Hall–Kier alpha value is -3.86. The first kappa shape index (κ1) is 56.1. The molecule has 0 saturated heterocycles. The van der Waals surface area contributed by atoms with E-state index in [-0.39, 0.29) is 12.8 Å². The van der Waals surface area contributed by atoms with Crippen LogP contribution < -0.4 is 5.73 Å². The molecule has 0 spiro atoms. The van der Waals surface area contributed by atoms with Crippen LogP contribution >= 0.6 is 7.82 Å². The SMILES string of the molecule is CC/C=C/C/C=C/C/C=C/C/C=C/C/C=C/CCCCCC(=O)OC[C@H](COP(=O)(O)OC[C@H](N)C(=O)O)OC(=O)CCC/C=C/C/C=C/C/C=C/C/C=C/CCCCC. The van der Waals surface area contributed by atoms with Crippen LogP contribution in [0.3, 0.4) is 0 Å². The van der Waals surface area contributed by atoms with Crippen LogP contribution in [0.2, 0.25) is 0 Å². The third-order valence-corrected chi connectivity index (χ3v) is 9.46. The Morgan fingerprint density at radius 2 is 0.950 bits per heavy atom. The molecule has 0 bridgehead atoms. The van der Waals surface area contributed by atoms with E-state index in [1.54, 1.807) is 0 Å². The number of ether oxygens (including phenoxy) is 2. The lowest BCUT2D eigenvalue weighted by Gasteiger charge is -2.20. The Kier molecular flexibility index (Phi) is 39.2. The average molecular weight is 858 g/mol. The summed E-state index contributed by atoms with van der Waals surface area (Å²) in [5, 5.41) is 8.89. The molecule has 0 fully saturated rings. The third kappa shape index (κ3) is 40.9. The summed E-state index contributed by atoms with van der Waals surface area (Å²) in [6.07, 6.45) is 54.4. The number of carboxylic acids is 1. The minimum Gasteiger partial charge on any atom is -0.480 e. The lowest BCUT2D eigenvalue weighted by molar-refractivity contribution is -0.161. The number of carbonyl (C=O) groups excluding carboxylic acids is 2. The summed E-state index contributed by atoms with van der Waals surface area (Å²) in [6.45, 7) is 2.55. The van der Waals surface area contributed by atoms with E-state index in [4.69, 9.17) is 24.8 Å². The van der Waals surface area contributed by atoms with Gasteiger partial charge in [-0.25, -0.2) is 4.57 Å². The zero-order chi connectivity index (χ0) is 44.2. The summed E-state index contributed by atoms with van der Waals surface area (Å²) in [5.41, 5.74) is 5.33. The number of phosphoric acid groups is 1. The van der Waals surface area contributed by atoms with E-state index in [0.29, 0.717) is 19.3 Å². The highest BCUT2D eigenvalue weighted by Gasteiger charge is 2.28. The summed E-state index contributed by atoms with van der Waals surface area (Å²) in [6, 6.07) is -1.54. The second-order valence-electron chi connectivity index (χ2n) is 14.1. The van der Waals surface area contributed by atoms with Gasteiger partial charge in [-0.05, 0) is 96.3 Å². The summed E-state index contributed by atoms with van der Waals surface area (Å²) in [7, 11) is -4.75. The van der Waals surface area contributed by atoms with E-state index < -0.39 is 57.7 Å². The van der Waals surface area contributed by atoms with Crippen LogP contribution in [0.25, 0.3) is 0 Å². The molecule has 0 rings (SSSR count). The Bertz CT molecular complexity index is 1430. The van der Waals surface area contributed by atoms with Gasteiger partial charge < -0.3 is 25.2 Å². The summed E-state index contributed by atoms with van der Waals surface area (Å²) in [5.74, 6) is -2.51. The molecule has 0 aromatic rings. The van der Waals surface area contributed by atoms with Crippen LogP contribution in [-0.4, -0.2) is 59.9 Å². The molecular formula is C48H76NO10P. The summed E-state index contributed by atoms with van der Waals surface area (Å²) < 4.78 is 32.6. The maximum atomic E-state index is 12.6. The van der Waals surface area contributed by atoms with Crippen LogP contribution in [0.5, 0.6) is 0 Å². The van der Waals surface area contributed by atoms with Gasteiger partial charge in [-0.3, -0.25) is 23.4 Å². The molecular weight excluding hydrogens is 781 g/mol. The van der Waals surface area contributed by atoms with Crippen molar-refractivity contribution in [1.82, 2.24) is 0 Å². The van der Waals surface area contributed by atoms with Crippen LogP contribution in [0.15, 0.2) is 109 Å². The topological polar surface area (TPSA) is 172 Å². The fourth-order valence-electron chi connectivity index (χ4n) is 5.08. The standard InChI is InChI=1S/C48H76NO10P/c1-3-5-7-9-11-13-15-17-19-21-22-24-25-27-29-31-33-35-37-39-46(50)56-41-44(42-57-60(54,55)58-43-45(49)48(52)53)59-47(51)40-38-36-34-32-30-28-26-23-20-18-16-14-12-10-8-6-4-2/h5,7,11-14,17-20,22,24,26-29,32,34,44-45H,3-4,6,8-10,15-16,21,23,25,30-31,33,35-43,49H2,1-2H3,(H,52,53)(H,54,55)/b7-5+,13-11+,14-12+,19-17+,20-18+,24-22+,28-26+,29-27+,34-32+/t44-,45+/m1/s1. The molecule has 0 aliphatic rings. The number of hydrogen-bond acceptors (Lipinski definition) is 9. The van der Waals surface area contributed by atoms with Crippen LogP contribution in [-0.2, 0) is 37.5 Å². The van der Waals surface area contributed by atoms with Gasteiger partial charge in [0.25, 0.3) is 0 Å². The Balaban J connectivity index is 4.54. The number of carboxylic acid groups (broad SMARTS) is 1. The number of rotatable bonds is 39. The van der Waals surface area contributed by atoms with Gasteiger partial charge in [0, 0.05) is 12.8 Å². The van der Waals surface area contributed by atoms with Gasteiger partial charge in [0.05, 0.1) is 13.2 Å². The van der Waals surface area contributed by atoms with E-state index in [1.807, 2.05) is 12.2 Å². The van der Waals surface area contributed by atoms with Crippen molar-refractivity contribution >= 4 is 25.7 Å². The maximum absolute atomic E-state index is 12.6. The molecule has 0 aromatic carbocycles. The smallest absolute Gasteiger partial charge is 0.472 e. The van der Waals surface area contributed by atoms with Crippen molar-refractivity contribution in [2.75, 3.05) is 19.8 Å². The van der Waals surface area contributed by atoms with Crippen molar-refractivity contribution in [1.29, 1.82) is 0 Å². The molecule has 0 aromatic heterocycles. The number of nitrogens with two attached hydrogens (primary N) is 1. The Morgan fingerprint density at radius 1 is 0.533 bits per heavy atom. The highest BCUT2D eigenvalue weighted by Crippen LogP contribution is 2.43. The molecule has 0 heterocycles. The minimum atomic E-state index is -4.75. The number of phosphoric ester groups is 1. The zero-order valence-corrected chi connectivity index (χ0v) is 37.4. The molecule has 1 unspecified atom stereocenters. The largest absolute Gasteiger partial charge is 0.480 e. The summed E-state index contributed by atoms with van der Waals surface area (Å²) >= 11 is 0. The lowest BCUT2D eigenvalue weighted by atomic mass is 10.1. The monoisotopic (exact) mass is 858 g/mol. The van der Waals surface area contributed by atoms with E-state index in [2.05, 4.69) is 116 Å². The molecule has 3 atom stereocenters. The van der Waals surface area contributed by atoms with Crippen molar-refractivity contribution in [2.45, 2.75) is 154 Å². The van der Waals surface area contributed by atoms with Gasteiger partial charge in [0.2, 0.25) is 0 Å². The maximum Gasteiger partial charge on any atom is 0.472 e. The number of unbranched alkanes of at least 4 members (excludes halogenated alkanes) is 7. The quantitative estimate of drug-likeness (QED) is 0.0232. The number of carbonyl (C=O) groups is 3. The molecule has 0 radical (unpaired) electrons. The van der Waals surface area contributed by atoms with Crippen molar-refractivity contribution in [3.05, 3.63) is 109 Å². The Labute approximate surface area is 361 Å². The molecule has 0 saturated carbocycles. The van der Waals surface area contributed by atoms with E-state index in [1.165, 1.54) is 19.3 Å². The van der Waals surface area contributed by atoms with Gasteiger partial charge in [-0.2, -0.15) is 0 Å². The van der Waals surface area contributed by atoms with Crippen molar-refractivity contribution in [3.8, 4) is 0 Å². The van der Waals surface area contributed by atoms with E-state index in [9.17, 15) is 23.8 Å². The summed E-state index contributed by atoms with van der Waals surface area (Å²) in [4.78, 5) is 46.0. The number of esters is 2. The highest BCUT2D eigenvalue weighted by molar-refractivity contribution is 7.47. The number of allylic oxidation sites excluding steroid dienone is 18. The highest BCUT2D eigenvalue weighted by atomic mass is 31.2. The lowest BCUT2D eigenvalue weighted by Crippen LogP contribution is -2.34. The normalized spacial score (nSPS) is 14.7. The molecule has 11 nitrogen and oxygen atoms in total. The molecule has 0 aliphatic carbocycles. The van der Waals surface area contributed by atoms with Gasteiger partial charge in [-0.1, -0.05) is 142 Å². The molecule has 338 valence electrons. The van der Waals surface area contributed by atoms with Gasteiger partial charge in [0.1, 0.15) is 12.6 Å². The predicted molar refractivity (Wildman–Crippen MR) is 244 cm³/mol. The van der Waals surface area contributed by atoms with Crippen molar-refractivity contribution in [3.63, 3.8) is 0 Å². The van der Waals surface area contributed by atoms with Crippen molar-refractivity contribution < 1.29 is 47.5 Å². The second-order valence-corrected chi connectivity index (χ2v) is 15.5. The molecule has 0 amide bonds. The molecule has 4 N–H and O–H groups in total. The molecule has 0 aliphatic heterocycles. The van der Waals surface area contributed by atoms with Crippen molar-refractivity contribution in [2.24, 2.45) is 5.73 Å². The van der Waals surface area contributed by atoms with Crippen LogP contribution in [0.4, 0.5) is 0 Å². The first-order valence-electron chi connectivity index (χ1n) is 21.9. The van der Waals surface area contributed by atoms with Crippen LogP contribution in [0.1, 0.15) is 142 Å². The number of aliphatic carboxylic acids is 1. The predicted octanol–water partition coefficient (Wildman–Crippen LogP) is 11.8. The van der Waals surface area contributed by atoms with Gasteiger partial charge >= 0.3 is 25.7 Å². The minimum absolute atomic E-state index is 0.0705. The van der Waals surface area contributed by atoms with E-state index in [0.717, 1.165) is 77.0 Å². The second kappa shape index (κ2) is 41.9. The Morgan fingerprint density at radius 3 is 1.42 bits per heavy atom. The average Bonchev–Trinajstić information content (AvgIpc) is 3.22. The third-order valence-electron chi connectivity index (χ3n) is 8.50. The number of hydrogen-bond donors (Lipinski definition) is 3. The van der Waals surface area contributed by atoms with Gasteiger partial charge in [0.15, 0.2) is 6.10 Å². The molecule has 12 heteroatoms. The van der Waals surface area contributed by atoms with Gasteiger partial charge in [-0.15, -0.1) is 0 Å². The fraction of sp³-hybridized carbons (Fsp3) is 0.562. The first-order chi connectivity index (χ1) is 29.1. The molecule has 60 heavy (non-hydrogen) atoms. The zero-order valence-electron chi connectivity index (χ0n) is 36.5.